The average Bonchev–Trinajstić information content (AvgIpc) is 2.31. The van der Waals surface area contributed by atoms with Crippen molar-refractivity contribution in [3.05, 3.63) is 20.3 Å². The smallest absolute Gasteiger partial charge is 0.268 e. The van der Waals surface area contributed by atoms with E-state index in [-0.39, 0.29) is 17.8 Å². The van der Waals surface area contributed by atoms with E-state index in [1.54, 1.807) is 0 Å². The molecule has 94 valence electrons. The Morgan fingerprint density at radius 2 is 2.47 bits per heavy atom. The summed E-state index contributed by atoms with van der Waals surface area (Å²) in [4.78, 5) is 17.8. The molecule has 0 spiro atoms. The Kier molecular flexibility index (Phi) is 4.35. The molecule has 2 atom stereocenters. The molecule has 2 rings (SSSR count). The molecule has 0 amide bonds. The maximum atomic E-state index is 11.3. The summed E-state index contributed by atoms with van der Waals surface area (Å²) in [5.41, 5.74) is -0.188. The first-order chi connectivity index (χ1) is 8.16. The van der Waals surface area contributed by atoms with Gasteiger partial charge in [-0.05, 0) is 29.5 Å². The molecular weight excluding hydrogens is 337 g/mol. The third kappa shape index (κ3) is 3.39. The molecule has 1 aromatic heterocycles. The van der Waals surface area contributed by atoms with Crippen molar-refractivity contribution in [3.8, 4) is 5.88 Å². The van der Waals surface area contributed by atoms with Gasteiger partial charge in [0.2, 0.25) is 5.88 Å². The molecule has 1 aromatic rings. The predicted molar refractivity (Wildman–Crippen MR) is 70.3 cm³/mol. The van der Waals surface area contributed by atoms with Crippen molar-refractivity contribution in [2.45, 2.75) is 19.1 Å². The Hall–Kier alpha value is -0.670. The van der Waals surface area contributed by atoms with Gasteiger partial charge in [-0.3, -0.25) is 4.79 Å². The first kappa shape index (κ1) is 12.8. The lowest BCUT2D eigenvalue weighted by atomic mass is 10.2. The van der Waals surface area contributed by atoms with Crippen LogP contribution in [-0.4, -0.2) is 41.9 Å². The second kappa shape index (κ2) is 5.78. The van der Waals surface area contributed by atoms with Gasteiger partial charge in [0.1, 0.15) is 16.3 Å². The molecule has 0 aliphatic carbocycles. The van der Waals surface area contributed by atoms with Gasteiger partial charge in [-0.2, -0.15) is 0 Å². The molecule has 2 N–H and O–H groups in total. The Labute approximate surface area is 112 Å². The van der Waals surface area contributed by atoms with Crippen LogP contribution in [0.25, 0.3) is 0 Å². The van der Waals surface area contributed by atoms with Crippen molar-refractivity contribution < 1.29 is 9.47 Å². The fourth-order valence-corrected chi connectivity index (χ4v) is 2.06. The highest BCUT2D eigenvalue weighted by atomic mass is 127. The zero-order chi connectivity index (χ0) is 12.3. The molecule has 0 bridgehead atoms. The summed E-state index contributed by atoms with van der Waals surface area (Å²) in [6.07, 6.45) is 1.52. The topological polar surface area (TPSA) is 76.2 Å². The zero-order valence-corrected chi connectivity index (χ0v) is 11.6. The summed E-state index contributed by atoms with van der Waals surface area (Å²) in [6, 6.07) is 0. The van der Waals surface area contributed by atoms with E-state index in [1.165, 1.54) is 6.33 Å². The molecule has 0 aromatic carbocycles. The van der Waals surface area contributed by atoms with E-state index in [1.807, 2.05) is 29.5 Å². The number of aromatic nitrogens is 2. The highest BCUT2D eigenvalue weighted by molar-refractivity contribution is 14.1. The number of nitrogens with zero attached hydrogens (tertiary/aromatic N) is 1. The lowest BCUT2D eigenvalue weighted by molar-refractivity contribution is -0.0478. The van der Waals surface area contributed by atoms with Crippen LogP contribution >= 0.6 is 22.6 Å². The molecule has 0 radical (unpaired) electrons. The highest BCUT2D eigenvalue weighted by Crippen LogP contribution is 2.13. The van der Waals surface area contributed by atoms with E-state index < -0.39 is 0 Å². The molecule has 17 heavy (non-hydrogen) atoms. The molecule has 1 fully saturated rings. The third-order valence-corrected chi connectivity index (χ3v) is 3.35. The normalized spacial score (nSPS) is 24.6. The van der Waals surface area contributed by atoms with E-state index in [2.05, 4.69) is 15.3 Å². The molecule has 1 saturated heterocycles. The fourth-order valence-electron chi connectivity index (χ4n) is 1.61. The predicted octanol–water partition coefficient (Wildman–Crippen LogP) is 0.130. The van der Waals surface area contributed by atoms with Crippen LogP contribution in [0.4, 0.5) is 0 Å². The van der Waals surface area contributed by atoms with Crippen molar-refractivity contribution in [3.63, 3.8) is 0 Å². The van der Waals surface area contributed by atoms with Gasteiger partial charge in [-0.15, -0.1) is 0 Å². The molecule has 1 aliphatic heterocycles. The van der Waals surface area contributed by atoms with Crippen LogP contribution in [-0.2, 0) is 4.74 Å². The van der Waals surface area contributed by atoms with Crippen molar-refractivity contribution in [2.75, 3.05) is 19.7 Å². The molecular formula is C10H14IN3O3. The van der Waals surface area contributed by atoms with Gasteiger partial charge < -0.3 is 19.8 Å². The Bertz CT molecular complexity index is 437. The maximum absolute atomic E-state index is 11.3. The fraction of sp³-hybridized carbons (Fsp3) is 0.600. The molecule has 2 unspecified atom stereocenters. The molecule has 0 saturated carbocycles. The summed E-state index contributed by atoms with van der Waals surface area (Å²) in [5, 5.41) is 3.25. The average molecular weight is 351 g/mol. The molecule has 1 aliphatic rings. The van der Waals surface area contributed by atoms with Gasteiger partial charge in [-0.1, -0.05) is 0 Å². The number of rotatable bonds is 3. The van der Waals surface area contributed by atoms with E-state index in [4.69, 9.17) is 9.47 Å². The van der Waals surface area contributed by atoms with Crippen LogP contribution in [0.3, 0.4) is 0 Å². The van der Waals surface area contributed by atoms with Gasteiger partial charge in [0.05, 0.1) is 12.4 Å². The second-order valence-corrected chi connectivity index (χ2v) is 4.97. The van der Waals surface area contributed by atoms with E-state index in [0.717, 1.165) is 13.1 Å². The minimum Gasteiger partial charge on any atom is -0.474 e. The van der Waals surface area contributed by atoms with Gasteiger partial charge in [0, 0.05) is 13.1 Å². The van der Waals surface area contributed by atoms with Gasteiger partial charge in [0.15, 0.2) is 0 Å². The Morgan fingerprint density at radius 1 is 1.65 bits per heavy atom. The van der Waals surface area contributed by atoms with Gasteiger partial charge in [-0.25, -0.2) is 4.98 Å². The SMILES string of the molecule is CC1CNCC(COc2nc[nH]c(=O)c2I)O1. The minimum atomic E-state index is -0.188. The number of hydrogen-bond acceptors (Lipinski definition) is 5. The van der Waals surface area contributed by atoms with Crippen molar-refractivity contribution in [1.29, 1.82) is 0 Å². The summed E-state index contributed by atoms with van der Waals surface area (Å²) >= 11 is 1.92. The number of nitrogens with one attached hydrogen (secondary N) is 2. The number of morpholine rings is 1. The first-order valence-corrected chi connectivity index (χ1v) is 6.47. The lowest BCUT2D eigenvalue weighted by Crippen LogP contribution is -2.46. The number of aromatic amines is 1. The van der Waals surface area contributed by atoms with E-state index in [9.17, 15) is 4.79 Å². The third-order valence-electron chi connectivity index (χ3n) is 2.40. The standard InChI is InChI=1S/C10H14IN3O3/c1-6-2-12-3-7(17-6)4-16-10-8(11)9(15)13-5-14-10/h5-7,12H,2-4H2,1H3,(H,13,14,15). The van der Waals surface area contributed by atoms with Crippen LogP contribution in [0.5, 0.6) is 5.88 Å². The Morgan fingerprint density at radius 3 is 3.24 bits per heavy atom. The minimum absolute atomic E-state index is 0.00404. The molecule has 7 heteroatoms. The number of hydrogen-bond donors (Lipinski definition) is 2. The highest BCUT2D eigenvalue weighted by Gasteiger charge is 2.20. The van der Waals surface area contributed by atoms with Crippen LogP contribution < -0.4 is 15.6 Å². The lowest BCUT2D eigenvalue weighted by Gasteiger charge is -2.28. The number of halogens is 1. The van der Waals surface area contributed by atoms with Gasteiger partial charge >= 0.3 is 0 Å². The summed E-state index contributed by atoms with van der Waals surface area (Å²) in [5.74, 6) is 0.358. The molecule has 6 nitrogen and oxygen atoms in total. The quantitative estimate of drug-likeness (QED) is 0.758. The van der Waals surface area contributed by atoms with Crippen LogP contribution in [0.2, 0.25) is 0 Å². The van der Waals surface area contributed by atoms with E-state index >= 15 is 0 Å². The first-order valence-electron chi connectivity index (χ1n) is 5.39. The molecule has 2 heterocycles. The van der Waals surface area contributed by atoms with Crippen LogP contribution in [0, 0.1) is 3.57 Å². The van der Waals surface area contributed by atoms with Gasteiger partial charge in [0.25, 0.3) is 5.56 Å². The maximum Gasteiger partial charge on any atom is 0.268 e. The zero-order valence-electron chi connectivity index (χ0n) is 9.40. The van der Waals surface area contributed by atoms with Crippen molar-refractivity contribution in [1.82, 2.24) is 15.3 Å². The number of ether oxygens (including phenoxy) is 2. The monoisotopic (exact) mass is 351 g/mol. The van der Waals surface area contributed by atoms with Crippen LogP contribution in [0.15, 0.2) is 11.1 Å². The van der Waals surface area contributed by atoms with E-state index in [0.29, 0.717) is 16.1 Å². The summed E-state index contributed by atoms with van der Waals surface area (Å²) in [6.45, 7) is 4.01. The van der Waals surface area contributed by atoms with Crippen molar-refractivity contribution >= 4 is 22.6 Å². The summed E-state index contributed by atoms with van der Waals surface area (Å²) < 4.78 is 11.6. The Balaban J connectivity index is 1.93. The van der Waals surface area contributed by atoms with Crippen LogP contribution in [0.1, 0.15) is 6.92 Å². The largest absolute Gasteiger partial charge is 0.474 e. The summed E-state index contributed by atoms with van der Waals surface area (Å²) in [7, 11) is 0. The number of H-pyrrole nitrogens is 1. The van der Waals surface area contributed by atoms with Crippen molar-refractivity contribution in [2.24, 2.45) is 0 Å². The second-order valence-electron chi connectivity index (χ2n) is 3.89.